The zero-order chi connectivity index (χ0) is 12.5. The van der Waals surface area contributed by atoms with Gasteiger partial charge in [0.05, 0.1) is 5.69 Å². The Morgan fingerprint density at radius 3 is 2.39 bits per heavy atom. The van der Waals surface area contributed by atoms with Crippen LogP contribution >= 0.6 is 0 Å². The van der Waals surface area contributed by atoms with E-state index in [-0.39, 0.29) is 0 Å². The minimum Gasteiger partial charge on any atom is -0.241 e. The van der Waals surface area contributed by atoms with Gasteiger partial charge in [-0.15, -0.1) is 0 Å². The summed E-state index contributed by atoms with van der Waals surface area (Å²) >= 11 is 0. The minimum atomic E-state index is 0.748. The molecule has 0 bridgehead atoms. The molecule has 0 aliphatic rings. The van der Waals surface area contributed by atoms with Gasteiger partial charge in [-0.25, -0.2) is 15.0 Å². The lowest BCUT2D eigenvalue weighted by Gasteiger charge is -2.04. The number of rotatable bonds is 1. The zero-order valence-electron chi connectivity index (χ0n) is 10.4. The maximum atomic E-state index is 4.39. The number of aryl methyl sites for hydroxylation is 2. The van der Waals surface area contributed by atoms with E-state index in [1.54, 1.807) is 6.33 Å². The zero-order valence-corrected chi connectivity index (χ0v) is 10.4. The summed E-state index contributed by atoms with van der Waals surface area (Å²) in [7, 11) is 0. The van der Waals surface area contributed by atoms with Crippen LogP contribution in [0.1, 0.15) is 11.3 Å². The van der Waals surface area contributed by atoms with Gasteiger partial charge >= 0.3 is 0 Å². The fourth-order valence-corrected chi connectivity index (χ4v) is 1.97. The van der Waals surface area contributed by atoms with Crippen LogP contribution in [0.4, 0.5) is 0 Å². The predicted molar refractivity (Wildman–Crippen MR) is 72.2 cm³/mol. The Labute approximate surface area is 106 Å². The third kappa shape index (κ3) is 1.84. The summed E-state index contributed by atoms with van der Waals surface area (Å²) in [5, 5.41) is 1.01. The Bertz CT molecular complexity index is 703. The van der Waals surface area contributed by atoms with Gasteiger partial charge in [-0.05, 0) is 25.5 Å². The second kappa shape index (κ2) is 4.18. The molecule has 3 heteroatoms. The molecular weight excluding hydrogens is 222 g/mol. The first-order valence-electron chi connectivity index (χ1n) is 5.88. The molecule has 0 amide bonds. The molecule has 2 aromatic heterocycles. The van der Waals surface area contributed by atoms with Crippen molar-refractivity contribution >= 4 is 11.0 Å². The van der Waals surface area contributed by atoms with Crippen LogP contribution < -0.4 is 0 Å². The number of hydrogen-bond donors (Lipinski definition) is 0. The molecule has 88 valence electrons. The monoisotopic (exact) mass is 235 g/mol. The summed E-state index contributed by atoms with van der Waals surface area (Å²) < 4.78 is 0. The lowest BCUT2D eigenvalue weighted by Crippen LogP contribution is -1.91. The standard InChI is InChI=1S/C15H13N3/c1-10-3-5-12(6-4-10)13-7-14-11(2)17-9-18-15(14)16-8-13/h3-9H,1-2H3. The van der Waals surface area contributed by atoms with Crippen LogP contribution in [0.5, 0.6) is 0 Å². The Kier molecular flexibility index (Phi) is 2.52. The summed E-state index contributed by atoms with van der Waals surface area (Å²) in [4.78, 5) is 12.8. The van der Waals surface area contributed by atoms with Crippen LogP contribution in [-0.4, -0.2) is 15.0 Å². The molecule has 0 radical (unpaired) electrons. The molecule has 0 N–H and O–H groups in total. The second-order valence-electron chi connectivity index (χ2n) is 4.42. The number of hydrogen-bond acceptors (Lipinski definition) is 3. The lowest BCUT2D eigenvalue weighted by atomic mass is 10.0. The van der Waals surface area contributed by atoms with Gasteiger partial charge in [0.1, 0.15) is 6.33 Å². The SMILES string of the molecule is Cc1ccc(-c2cnc3ncnc(C)c3c2)cc1. The Hall–Kier alpha value is -2.29. The summed E-state index contributed by atoms with van der Waals surface area (Å²) in [5.74, 6) is 0. The minimum absolute atomic E-state index is 0.748. The third-order valence-electron chi connectivity index (χ3n) is 3.07. The van der Waals surface area contributed by atoms with Gasteiger partial charge in [-0.1, -0.05) is 29.8 Å². The van der Waals surface area contributed by atoms with Crippen LogP contribution in [0.3, 0.4) is 0 Å². The molecule has 0 atom stereocenters. The smallest absolute Gasteiger partial charge is 0.162 e. The van der Waals surface area contributed by atoms with E-state index in [9.17, 15) is 0 Å². The van der Waals surface area contributed by atoms with Crippen molar-refractivity contribution in [1.82, 2.24) is 15.0 Å². The summed E-state index contributed by atoms with van der Waals surface area (Å²) in [5.41, 5.74) is 5.23. The molecule has 0 saturated heterocycles. The molecule has 0 saturated carbocycles. The van der Waals surface area contributed by atoms with E-state index < -0.39 is 0 Å². The average molecular weight is 235 g/mol. The number of nitrogens with zero attached hydrogens (tertiary/aromatic N) is 3. The first-order valence-corrected chi connectivity index (χ1v) is 5.88. The number of aromatic nitrogens is 3. The highest BCUT2D eigenvalue weighted by atomic mass is 14.9. The molecule has 3 nitrogen and oxygen atoms in total. The Morgan fingerprint density at radius 1 is 0.833 bits per heavy atom. The number of fused-ring (bicyclic) bond motifs is 1. The summed E-state index contributed by atoms with van der Waals surface area (Å²) in [6, 6.07) is 10.5. The molecule has 3 aromatic rings. The van der Waals surface area contributed by atoms with Crippen molar-refractivity contribution in [3.63, 3.8) is 0 Å². The molecule has 1 aromatic carbocycles. The average Bonchev–Trinajstić information content (AvgIpc) is 2.40. The van der Waals surface area contributed by atoms with Gasteiger partial charge in [-0.2, -0.15) is 0 Å². The van der Waals surface area contributed by atoms with Crippen LogP contribution in [0.15, 0.2) is 42.9 Å². The van der Waals surface area contributed by atoms with E-state index >= 15 is 0 Å². The summed E-state index contributed by atoms with van der Waals surface area (Å²) in [6.45, 7) is 4.06. The summed E-state index contributed by atoms with van der Waals surface area (Å²) in [6.07, 6.45) is 3.41. The van der Waals surface area contributed by atoms with Crippen molar-refractivity contribution in [2.24, 2.45) is 0 Å². The van der Waals surface area contributed by atoms with E-state index in [4.69, 9.17) is 0 Å². The Balaban J connectivity index is 2.18. The van der Waals surface area contributed by atoms with Crippen molar-refractivity contribution in [3.8, 4) is 11.1 Å². The quantitative estimate of drug-likeness (QED) is 0.649. The first-order chi connectivity index (χ1) is 8.74. The van der Waals surface area contributed by atoms with E-state index in [2.05, 4.69) is 52.2 Å². The van der Waals surface area contributed by atoms with Gasteiger partial charge in [0, 0.05) is 17.1 Å². The molecule has 0 unspecified atom stereocenters. The van der Waals surface area contributed by atoms with E-state index in [0.717, 1.165) is 22.3 Å². The highest BCUT2D eigenvalue weighted by Crippen LogP contribution is 2.23. The molecule has 0 aliphatic carbocycles. The fourth-order valence-electron chi connectivity index (χ4n) is 1.97. The van der Waals surface area contributed by atoms with Crippen molar-refractivity contribution in [2.75, 3.05) is 0 Å². The fraction of sp³-hybridized carbons (Fsp3) is 0.133. The Morgan fingerprint density at radius 2 is 1.61 bits per heavy atom. The van der Waals surface area contributed by atoms with Crippen molar-refractivity contribution in [1.29, 1.82) is 0 Å². The molecular formula is C15H13N3. The van der Waals surface area contributed by atoms with Crippen molar-refractivity contribution < 1.29 is 0 Å². The lowest BCUT2D eigenvalue weighted by molar-refractivity contribution is 1.13. The molecule has 2 heterocycles. The topological polar surface area (TPSA) is 38.7 Å². The van der Waals surface area contributed by atoms with Gasteiger partial charge in [-0.3, -0.25) is 0 Å². The largest absolute Gasteiger partial charge is 0.241 e. The maximum absolute atomic E-state index is 4.39. The molecule has 3 rings (SSSR count). The molecule has 0 spiro atoms. The van der Waals surface area contributed by atoms with Gasteiger partial charge in [0.2, 0.25) is 0 Å². The number of benzene rings is 1. The predicted octanol–water partition coefficient (Wildman–Crippen LogP) is 3.31. The number of pyridine rings is 1. The van der Waals surface area contributed by atoms with Crippen LogP contribution in [0.25, 0.3) is 22.2 Å². The van der Waals surface area contributed by atoms with Crippen LogP contribution in [0, 0.1) is 13.8 Å². The van der Waals surface area contributed by atoms with Gasteiger partial charge in [0.15, 0.2) is 5.65 Å². The molecule has 0 fully saturated rings. The first kappa shape index (κ1) is 10.8. The molecule has 18 heavy (non-hydrogen) atoms. The van der Waals surface area contributed by atoms with Crippen LogP contribution in [-0.2, 0) is 0 Å². The highest BCUT2D eigenvalue weighted by Gasteiger charge is 2.04. The van der Waals surface area contributed by atoms with E-state index in [1.165, 1.54) is 11.1 Å². The van der Waals surface area contributed by atoms with E-state index in [0.29, 0.717) is 0 Å². The second-order valence-corrected chi connectivity index (χ2v) is 4.42. The van der Waals surface area contributed by atoms with Crippen LogP contribution in [0.2, 0.25) is 0 Å². The molecule has 0 aliphatic heterocycles. The highest BCUT2D eigenvalue weighted by molar-refractivity contribution is 5.82. The van der Waals surface area contributed by atoms with Gasteiger partial charge in [0.25, 0.3) is 0 Å². The van der Waals surface area contributed by atoms with Crippen molar-refractivity contribution in [2.45, 2.75) is 13.8 Å². The third-order valence-corrected chi connectivity index (χ3v) is 3.07. The van der Waals surface area contributed by atoms with Crippen molar-refractivity contribution in [3.05, 3.63) is 54.1 Å². The maximum Gasteiger partial charge on any atom is 0.162 e. The normalized spacial score (nSPS) is 10.8. The van der Waals surface area contributed by atoms with E-state index in [1.807, 2.05) is 13.1 Å². The van der Waals surface area contributed by atoms with Gasteiger partial charge < -0.3 is 0 Å².